The molecule has 0 amide bonds. The molecule has 2 heterocycles. The van der Waals surface area contributed by atoms with Crippen LogP contribution >= 0.6 is 0 Å². The second-order valence-corrected chi connectivity index (χ2v) is 11.4. The Morgan fingerprint density at radius 1 is 1.16 bits per heavy atom. The molecule has 1 saturated heterocycles. The molecule has 1 fully saturated rings. The van der Waals surface area contributed by atoms with Crippen LogP contribution in [-0.2, 0) is 17.7 Å². The zero-order chi connectivity index (χ0) is 23.2. The summed E-state index contributed by atoms with van der Waals surface area (Å²) < 4.78 is 7.50. The minimum absolute atomic E-state index is 0.122. The summed E-state index contributed by atoms with van der Waals surface area (Å²) in [5.41, 5.74) is 2.26. The van der Waals surface area contributed by atoms with Crippen molar-refractivity contribution >= 4 is 0 Å². The molecular weight excluding hydrogens is 388 g/mol. The van der Waals surface area contributed by atoms with Gasteiger partial charge < -0.3 is 14.9 Å². The normalized spacial score (nSPS) is 18.1. The zero-order valence-electron chi connectivity index (χ0n) is 20.8. The largest absolute Gasteiger partial charge is 0.494 e. The quantitative estimate of drug-likeness (QED) is 0.309. The van der Waals surface area contributed by atoms with E-state index in [9.17, 15) is 10.2 Å². The number of aromatic hydroxyl groups is 2. The molecular formula is C26H46N2O3. The number of aromatic nitrogens is 1. The Balaban J connectivity index is 1.94. The Morgan fingerprint density at radius 3 is 2.52 bits per heavy atom. The molecule has 5 heteroatoms. The first-order valence-corrected chi connectivity index (χ1v) is 12.0. The van der Waals surface area contributed by atoms with Gasteiger partial charge in [-0.05, 0) is 42.9 Å². The Labute approximate surface area is 190 Å². The summed E-state index contributed by atoms with van der Waals surface area (Å²) in [6, 6.07) is 1.69. The molecule has 0 saturated carbocycles. The van der Waals surface area contributed by atoms with Gasteiger partial charge in [-0.15, -0.1) is 0 Å². The van der Waals surface area contributed by atoms with E-state index in [2.05, 4.69) is 53.0 Å². The summed E-state index contributed by atoms with van der Waals surface area (Å²) in [6.07, 6.45) is 7.42. The van der Waals surface area contributed by atoms with Crippen molar-refractivity contribution in [3.8, 4) is 11.8 Å². The van der Waals surface area contributed by atoms with Crippen molar-refractivity contribution in [2.75, 3.05) is 19.7 Å². The monoisotopic (exact) mass is 434 g/mol. The first-order chi connectivity index (χ1) is 14.4. The summed E-state index contributed by atoms with van der Waals surface area (Å²) in [5, 5.41) is 21.2. The van der Waals surface area contributed by atoms with Gasteiger partial charge in [-0.2, -0.15) is 0 Å². The zero-order valence-corrected chi connectivity index (χ0v) is 20.8. The molecule has 1 aliphatic heterocycles. The molecule has 0 spiro atoms. The van der Waals surface area contributed by atoms with Crippen LogP contribution in [0.4, 0.5) is 0 Å². The van der Waals surface area contributed by atoms with E-state index in [1.165, 1.54) is 19.3 Å². The minimum atomic E-state index is 0.122. The average molecular weight is 435 g/mol. The number of unbranched alkanes of at least 4 members (excludes halogenated alkanes) is 2. The van der Waals surface area contributed by atoms with Crippen molar-refractivity contribution in [2.45, 2.75) is 99.3 Å². The van der Waals surface area contributed by atoms with E-state index in [-0.39, 0.29) is 28.8 Å². The maximum Gasteiger partial charge on any atom is 0.197 e. The number of hydrogen-bond donors (Lipinski definition) is 2. The van der Waals surface area contributed by atoms with Crippen molar-refractivity contribution in [3.63, 3.8) is 0 Å². The van der Waals surface area contributed by atoms with Crippen molar-refractivity contribution in [3.05, 3.63) is 23.8 Å². The summed E-state index contributed by atoms with van der Waals surface area (Å²) in [6.45, 7) is 20.8. The Bertz CT molecular complexity index is 715. The molecule has 2 rings (SSSR count). The van der Waals surface area contributed by atoms with Gasteiger partial charge in [0.05, 0.1) is 6.61 Å². The van der Waals surface area contributed by atoms with Gasteiger partial charge in [0.25, 0.3) is 0 Å². The molecule has 0 bridgehead atoms. The van der Waals surface area contributed by atoms with Gasteiger partial charge >= 0.3 is 0 Å². The van der Waals surface area contributed by atoms with Gasteiger partial charge in [0.15, 0.2) is 11.8 Å². The van der Waals surface area contributed by atoms with Crippen LogP contribution in [0.3, 0.4) is 0 Å². The van der Waals surface area contributed by atoms with Crippen LogP contribution in [0.25, 0.3) is 0 Å². The fourth-order valence-corrected chi connectivity index (χ4v) is 5.31. The van der Waals surface area contributed by atoms with Crippen molar-refractivity contribution in [1.29, 1.82) is 0 Å². The van der Waals surface area contributed by atoms with Gasteiger partial charge in [-0.25, -0.2) is 0 Å². The Morgan fingerprint density at radius 2 is 1.87 bits per heavy atom. The highest BCUT2D eigenvalue weighted by molar-refractivity contribution is 5.38. The molecule has 0 aromatic carbocycles. The van der Waals surface area contributed by atoms with Crippen LogP contribution in [0.15, 0.2) is 18.2 Å². The fraction of sp³-hybridized carbons (Fsp3) is 0.769. The van der Waals surface area contributed by atoms with Crippen LogP contribution < -0.4 is 0 Å². The highest BCUT2D eigenvalue weighted by Crippen LogP contribution is 2.39. The van der Waals surface area contributed by atoms with Gasteiger partial charge in [-0.3, -0.25) is 9.47 Å². The molecule has 2 N–H and O–H groups in total. The molecule has 1 aliphatic rings. The Hall–Kier alpha value is -1.46. The highest BCUT2D eigenvalue weighted by atomic mass is 16.5. The van der Waals surface area contributed by atoms with Gasteiger partial charge in [0.1, 0.15) is 6.23 Å². The molecule has 1 aromatic rings. The summed E-state index contributed by atoms with van der Waals surface area (Å²) >= 11 is 0. The van der Waals surface area contributed by atoms with Crippen molar-refractivity contribution < 1.29 is 14.9 Å². The summed E-state index contributed by atoms with van der Waals surface area (Å²) in [4.78, 5) is 2.32. The maximum absolute atomic E-state index is 10.8. The van der Waals surface area contributed by atoms with Crippen molar-refractivity contribution in [1.82, 2.24) is 9.47 Å². The first-order valence-electron chi connectivity index (χ1n) is 12.0. The number of nitrogens with zero attached hydrogens (tertiary/aromatic N) is 2. The van der Waals surface area contributed by atoms with Crippen molar-refractivity contribution in [2.24, 2.45) is 10.8 Å². The molecule has 1 unspecified atom stereocenters. The number of ether oxygens (including phenoxy) is 1. The summed E-state index contributed by atoms with van der Waals surface area (Å²) in [7, 11) is 0. The second-order valence-electron chi connectivity index (χ2n) is 11.4. The topological polar surface area (TPSA) is 57.9 Å². The lowest BCUT2D eigenvalue weighted by molar-refractivity contribution is 0.0235. The van der Waals surface area contributed by atoms with E-state index in [1.807, 2.05) is 0 Å². The summed E-state index contributed by atoms with van der Waals surface area (Å²) in [5.74, 6) is 0.284. The predicted molar refractivity (Wildman–Crippen MR) is 129 cm³/mol. The maximum atomic E-state index is 10.8. The highest BCUT2D eigenvalue weighted by Gasteiger charge is 2.27. The van der Waals surface area contributed by atoms with Gasteiger partial charge in [0.2, 0.25) is 0 Å². The van der Waals surface area contributed by atoms with Gasteiger partial charge in [0, 0.05) is 31.3 Å². The molecule has 178 valence electrons. The molecule has 1 atom stereocenters. The van der Waals surface area contributed by atoms with E-state index >= 15 is 0 Å². The molecule has 31 heavy (non-hydrogen) atoms. The van der Waals surface area contributed by atoms with Crippen LogP contribution in [0.5, 0.6) is 11.8 Å². The predicted octanol–water partition coefficient (Wildman–Crippen LogP) is 6.09. The lowest BCUT2D eigenvalue weighted by Crippen LogP contribution is -2.33. The van der Waals surface area contributed by atoms with Crippen LogP contribution in [0.1, 0.15) is 85.6 Å². The average Bonchev–Trinajstić information content (AvgIpc) is 3.15. The lowest BCUT2D eigenvalue weighted by Gasteiger charge is -2.33. The Kier molecular flexibility index (Phi) is 9.08. The third-order valence-corrected chi connectivity index (χ3v) is 6.06. The van der Waals surface area contributed by atoms with E-state index < -0.39 is 0 Å². The molecule has 0 radical (unpaired) electrons. The van der Waals surface area contributed by atoms with Crippen LogP contribution in [-0.4, -0.2) is 45.6 Å². The smallest absolute Gasteiger partial charge is 0.197 e. The first kappa shape index (κ1) is 25.8. The number of hydrogen-bond acceptors (Lipinski definition) is 4. The number of allylic oxidation sites excluding steroid dienone is 1. The fourth-order valence-electron chi connectivity index (χ4n) is 5.31. The second kappa shape index (κ2) is 10.9. The lowest BCUT2D eigenvalue weighted by atomic mass is 9.73. The molecule has 0 aliphatic carbocycles. The third-order valence-electron chi connectivity index (χ3n) is 6.06. The van der Waals surface area contributed by atoms with Crippen LogP contribution in [0.2, 0.25) is 0 Å². The minimum Gasteiger partial charge on any atom is -0.494 e. The van der Waals surface area contributed by atoms with E-state index in [1.54, 1.807) is 10.6 Å². The van der Waals surface area contributed by atoms with E-state index in [4.69, 9.17) is 4.74 Å². The SMILES string of the molecule is C=C(Cc1cc(O)n(CCN2CCOC2CCCCC)c1O)CC(C)(C)CC(C)(C)C. The van der Waals surface area contributed by atoms with E-state index in [0.29, 0.717) is 13.0 Å². The van der Waals surface area contributed by atoms with Gasteiger partial charge in [-0.1, -0.05) is 66.5 Å². The standard InChI is InChI=1S/C26H46N2O3/c1-8-9-10-11-23-27(14-15-31-23)12-13-28-22(29)17-21(24(28)30)16-20(2)18-26(6,7)19-25(3,4)5/h17,23,29-30H,2,8-16,18-19H2,1,3-7H3. The third kappa shape index (κ3) is 8.19. The van der Waals surface area contributed by atoms with E-state index in [0.717, 1.165) is 50.1 Å². The molecule has 5 nitrogen and oxygen atoms in total. The molecule has 1 aromatic heterocycles. The number of rotatable bonds is 12. The van der Waals surface area contributed by atoms with Crippen LogP contribution in [0, 0.1) is 10.8 Å².